The van der Waals surface area contributed by atoms with Crippen LogP contribution in [0.25, 0.3) is 0 Å². The van der Waals surface area contributed by atoms with Crippen LogP contribution in [0, 0.1) is 0 Å². The largest absolute Gasteiger partial charge is 0.458 e. The van der Waals surface area contributed by atoms with E-state index in [1.54, 1.807) is 11.8 Å². The zero-order valence-corrected chi connectivity index (χ0v) is 11.1. The van der Waals surface area contributed by atoms with Gasteiger partial charge in [0.25, 0.3) is 0 Å². The molecule has 0 aliphatic carbocycles. The Balaban J connectivity index is 2.89. The summed E-state index contributed by atoms with van der Waals surface area (Å²) in [5.74, 6) is -0.548. The Morgan fingerprint density at radius 1 is 1.41 bits per heavy atom. The number of likely N-dealkylation sites (tertiary alicyclic amines) is 1. The van der Waals surface area contributed by atoms with Gasteiger partial charge in [-0.05, 0) is 46.6 Å². The van der Waals surface area contributed by atoms with Crippen LogP contribution in [0.1, 0.15) is 40.5 Å². The van der Waals surface area contributed by atoms with Crippen molar-refractivity contribution in [1.29, 1.82) is 0 Å². The molecular weight excluding hydrogens is 218 g/mol. The van der Waals surface area contributed by atoms with Crippen LogP contribution in [0.5, 0.6) is 0 Å². The molecule has 0 spiro atoms. The van der Waals surface area contributed by atoms with Gasteiger partial charge in [0.05, 0.1) is 0 Å². The van der Waals surface area contributed by atoms with E-state index in [2.05, 4.69) is 6.58 Å². The summed E-state index contributed by atoms with van der Waals surface area (Å²) in [7, 11) is 0. The van der Waals surface area contributed by atoms with Gasteiger partial charge in [0.1, 0.15) is 11.1 Å². The van der Waals surface area contributed by atoms with Gasteiger partial charge < -0.3 is 9.64 Å². The fourth-order valence-corrected chi connectivity index (χ4v) is 2.03. The van der Waals surface area contributed by atoms with Crippen molar-refractivity contribution in [2.75, 3.05) is 6.54 Å². The lowest BCUT2D eigenvalue weighted by Gasteiger charge is -2.34. The first-order valence-electron chi connectivity index (χ1n) is 5.88. The van der Waals surface area contributed by atoms with Crippen molar-refractivity contribution in [2.24, 2.45) is 0 Å². The van der Waals surface area contributed by atoms with Gasteiger partial charge in [-0.25, -0.2) is 4.79 Å². The van der Waals surface area contributed by atoms with Crippen LogP contribution in [-0.2, 0) is 14.3 Å². The summed E-state index contributed by atoms with van der Waals surface area (Å²) >= 11 is 0. The molecule has 4 nitrogen and oxygen atoms in total. The fraction of sp³-hybridized carbons (Fsp3) is 0.692. The first kappa shape index (κ1) is 13.7. The van der Waals surface area contributed by atoms with Gasteiger partial charge in [0.15, 0.2) is 0 Å². The molecule has 0 bridgehead atoms. The van der Waals surface area contributed by atoms with E-state index in [0.717, 1.165) is 6.42 Å². The molecule has 0 aromatic rings. The number of amides is 1. The maximum absolute atomic E-state index is 12.2. The molecule has 1 aliphatic heterocycles. The van der Waals surface area contributed by atoms with Crippen LogP contribution in [0.2, 0.25) is 0 Å². The summed E-state index contributed by atoms with van der Waals surface area (Å²) in [6, 6.07) is 0. The Morgan fingerprint density at radius 2 is 2.00 bits per heavy atom. The highest BCUT2D eigenvalue weighted by atomic mass is 16.6. The maximum Gasteiger partial charge on any atom is 0.332 e. The minimum atomic E-state index is -0.849. The van der Waals surface area contributed by atoms with Crippen molar-refractivity contribution in [3.05, 3.63) is 12.7 Å². The lowest BCUT2D eigenvalue weighted by molar-refractivity contribution is -0.169. The number of hydrogen-bond acceptors (Lipinski definition) is 3. The number of rotatable bonds is 2. The normalized spacial score (nSPS) is 24.6. The average Bonchev–Trinajstić information content (AvgIpc) is 2.58. The molecule has 1 saturated heterocycles. The van der Waals surface area contributed by atoms with E-state index >= 15 is 0 Å². The van der Waals surface area contributed by atoms with Gasteiger partial charge in [-0.3, -0.25) is 4.79 Å². The highest BCUT2D eigenvalue weighted by molar-refractivity contribution is 5.93. The molecule has 1 fully saturated rings. The van der Waals surface area contributed by atoms with Gasteiger partial charge in [-0.15, -0.1) is 0 Å². The van der Waals surface area contributed by atoms with Crippen LogP contribution in [-0.4, -0.2) is 34.5 Å². The molecule has 4 heteroatoms. The van der Waals surface area contributed by atoms with Crippen LogP contribution < -0.4 is 0 Å². The minimum Gasteiger partial charge on any atom is -0.458 e. The second-order valence-electron chi connectivity index (χ2n) is 5.57. The zero-order chi connectivity index (χ0) is 13.3. The van der Waals surface area contributed by atoms with E-state index in [-0.39, 0.29) is 11.9 Å². The monoisotopic (exact) mass is 239 g/mol. The first-order valence-corrected chi connectivity index (χ1v) is 5.88. The molecule has 0 radical (unpaired) electrons. The number of carbonyl (C=O) groups excluding carboxylic acids is 2. The van der Waals surface area contributed by atoms with E-state index < -0.39 is 11.1 Å². The van der Waals surface area contributed by atoms with Crippen molar-refractivity contribution >= 4 is 11.9 Å². The lowest BCUT2D eigenvalue weighted by Crippen LogP contribution is -2.52. The molecular formula is C13H21NO3. The van der Waals surface area contributed by atoms with Crippen molar-refractivity contribution in [3.63, 3.8) is 0 Å². The Bertz CT molecular complexity index is 343. The minimum absolute atomic E-state index is 0.212. The van der Waals surface area contributed by atoms with E-state index in [4.69, 9.17) is 4.74 Å². The van der Waals surface area contributed by atoms with Gasteiger partial charge in [-0.1, -0.05) is 6.58 Å². The smallest absolute Gasteiger partial charge is 0.332 e. The van der Waals surface area contributed by atoms with Crippen molar-refractivity contribution in [2.45, 2.75) is 51.7 Å². The zero-order valence-electron chi connectivity index (χ0n) is 11.1. The molecule has 1 aliphatic rings. The molecule has 0 unspecified atom stereocenters. The number of ether oxygens (including phenoxy) is 1. The topological polar surface area (TPSA) is 46.6 Å². The second kappa shape index (κ2) is 4.51. The van der Waals surface area contributed by atoms with Gasteiger partial charge in [-0.2, -0.15) is 0 Å². The molecule has 0 N–H and O–H groups in total. The van der Waals surface area contributed by atoms with Crippen molar-refractivity contribution in [3.8, 4) is 0 Å². The first-order chi connectivity index (χ1) is 7.70. The highest BCUT2D eigenvalue weighted by Gasteiger charge is 2.47. The number of esters is 1. The third-order valence-corrected chi connectivity index (χ3v) is 2.92. The highest BCUT2D eigenvalue weighted by Crippen LogP contribution is 2.31. The van der Waals surface area contributed by atoms with E-state index in [1.165, 1.54) is 6.08 Å². The summed E-state index contributed by atoms with van der Waals surface area (Å²) < 4.78 is 5.38. The summed E-state index contributed by atoms with van der Waals surface area (Å²) in [5, 5.41) is 0. The Kier molecular flexibility index (Phi) is 3.65. The number of carbonyl (C=O) groups is 2. The predicted octanol–water partition coefficient (Wildman–Crippen LogP) is 1.90. The summed E-state index contributed by atoms with van der Waals surface area (Å²) in [4.78, 5) is 25.4. The number of hydrogen-bond donors (Lipinski definition) is 0. The summed E-state index contributed by atoms with van der Waals surface area (Å²) in [5.41, 5.74) is -1.38. The van der Waals surface area contributed by atoms with Crippen molar-refractivity contribution < 1.29 is 14.3 Å². The molecule has 0 aromatic carbocycles. The molecule has 1 heterocycles. The van der Waals surface area contributed by atoms with Crippen LogP contribution in [0.3, 0.4) is 0 Å². The maximum atomic E-state index is 12.2. The van der Waals surface area contributed by atoms with Gasteiger partial charge >= 0.3 is 5.97 Å². The van der Waals surface area contributed by atoms with E-state index in [1.807, 2.05) is 20.8 Å². The van der Waals surface area contributed by atoms with Crippen LogP contribution >= 0.6 is 0 Å². The number of nitrogens with zero attached hydrogens (tertiary/aromatic N) is 1. The van der Waals surface area contributed by atoms with Crippen LogP contribution in [0.15, 0.2) is 12.7 Å². The Hall–Kier alpha value is -1.32. The lowest BCUT2D eigenvalue weighted by atomic mass is 9.98. The third kappa shape index (κ3) is 2.87. The Morgan fingerprint density at radius 3 is 2.47 bits per heavy atom. The van der Waals surface area contributed by atoms with Gasteiger partial charge in [0, 0.05) is 6.54 Å². The van der Waals surface area contributed by atoms with Gasteiger partial charge in [0.2, 0.25) is 5.91 Å². The molecule has 1 rings (SSSR count). The standard InChI is InChI=1S/C13H21NO3/c1-6-10(15)14-9-7-8-13(14,5)11(16)17-12(2,3)4/h6H,1,7-9H2,2-5H3/t13-/m0/s1. The quantitative estimate of drug-likeness (QED) is 0.546. The fourth-order valence-electron chi connectivity index (χ4n) is 2.03. The molecule has 0 saturated carbocycles. The van der Waals surface area contributed by atoms with E-state index in [0.29, 0.717) is 13.0 Å². The summed E-state index contributed by atoms with van der Waals surface area (Å²) in [6.45, 7) is 11.3. The second-order valence-corrected chi connectivity index (χ2v) is 5.57. The van der Waals surface area contributed by atoms with Crippen LogP contribution in [0.4, 0.5) is 0 Å². The molecule has 1 atom stereocenters. The third-order valence-electron chi connectivity index (χ3n) is 2.92. The molecule has 0 aromatic heterocycles. The predicted molar refractivity (Wildman–Crippen MR) is 65.4 cm³/mol. The summed E-state index contributed by atoms with van der Waals surface area (Å²) in [6.07, 6.45) is 2.70. The SMILES string of the molecule is C=CC(=O)N1CCC[C@@]1(C)C(=O)OC(C)(C)C. The average molecular weight is 239 g/mol. The van der Waals surface area contributed by atoms with Crippen molar-refractivity contribution in [1.82, 2.24) is 4.90 Å². The Labute approximate surface area is 103 Å². The molecule has 96 valence electrons. The molecule has 17 heavy (non-hydrogen) atoms. The van der Waals surface area contributed by atoms with E-state index in [9.17, 15) is 9.59 Å². The molecule has 1 amide bonds.